The number of imide groups is 1. The van der Waals surface area contributed by atoms with Crippen molar-refractivity contribution in [2.75, 3.05) is 44.2 Å². The molecule has 29 heavy (non-hydrogen) atoms. The molecule has 2 aromatic rings. The molecule has 1 aromatic carbocycles. The zero-order valence-electron chi connectivity index (χ0n) is 17.0. The van der Waals surface area contributed by atoms with E-state index in [4.69, 9.17) is 0 Å². The predicted octanol–water partition coefficient (Wildman–Crippen LogP) is 3.06. The number of fused-ring (bicyclic) bond motifs is 1. The minimum Gasteiger partial charge on any atom is -0.354 e. The molecule has 0 radical (unpaired) electrons. The van der Waals surface area contributed by atoms with Gasteiger partial charge in [-0.25, -0.2) is 4.98 Å². The highest BCUT2D eigenvalue weighted by atomic mass is 19.1. The van der Waals surface area contributed by atoms with Gasteiger partial charge in [-0.3, -0.25) is 19.4 Å². The minimum atomic E-state index is -0.462. The number of aromatic nitrogens is 1. The Morgan fingerprint density at radius 2 is 1.48 bits per heavy atom. The molecule has 1 saturated heterocycles. The summed E-state index contributed by atoms with van der Waals surface area (Å²) in [6.45, 7) is 8.50. The lowest BCUT2D eigenvalue weighted by molar-refractivity contribution is 0.0647. The number of anilines is 1. The van der Waals surface area contributed by atoms with Gasteiger partial charge < -0.3 is 4.90 Å². The largest absolute Gasteiger partial charge is 0.354 e. The van der Waals surface area contributed by atoms with Crippen LogP contribution in [0.3, 0.4) is 0 Å². The third-order valence-corrected chi connectivity index (χ3v) is 5.13. The fraction of sp³-hybridized carbons (Fsp3) is 0.409. The van der Waals surface area contributed by atoms with Crippen LogP contribution in [0.5, 0.6) is 0 Å². The Kier molecular flexibility index (Phi) is 6.93. The summed E-state index contributed by atoms with van der Waals surface area (Å²) in [6, 6.07) is 11.8. The van der Waals surface area contributed by atoms with Crippen LogP contribution < -0.4 is 4.90 Å². The molecule has 2 amide bonds. The zero-order valence-corrected chi connectivity index (χ0v) is 17.0. The summed E-state index contributed by atoms with van der Waals surface area (Å²) in [5.41, 5.74) is 0.998. The van der Waals surface area contributed by atoms with Crippen molar-refractivity contribution in [1.29, 1.82) is 0 Å². The predicted molar refractivity (Wildman–Crippen MR) is 111 cm³/mol. The van der Waals surface area contributed by atoms with Crippen LogP contribution in [-0.4, -0.2) is 65.9 Å². The Balaban J connectivity index is 0.00000117. The Bertz CT molecular complexity index is 830. The first kappa shape index (κ1) is 20.9. The van der Waals surface area contributed by atoms with E-state index in [9.17, 15) is 14.0 Å². The zero-order chi connectivity index (χ0) is 20.8. The van der Waals surface area contributed by atoms with Crippen LogP contribution >= 0.6 is 0 Å². The van der Waals surface area contributed by atoms with Gasteiger partial charge in [-0.05, 0) is 37.2 Å². The smallest absolute Gasteiger partial charge is 0.261 e. The molecule has 1 fully saturated rings. The van der Waals surface area contributed by atoms with Crippen LogP contribution in [0.25, 0.3) is 0 Å². The molecule has 4 rings (SSSR count). The SMILES string of the molecule is CC.O=C1c2ccccc2C(=O)N1CCCN1CCN(c2cccc(F)n2)CC1. The van der Waals surface area contributed by atoms with E-state index < -0.39 is 5.95 Å². The summed E-state index contributed by atoms with van der Waals surface area (Å²) in [5.74, 6) is -0.188. The molecule has 2 aliphatic heterocycles. The van der Waals surface area contributed by atoms with Crippen LogP contribution in [0.15, 0.2) is 42.5 Å². The van der Waals surface area contributed by atoms with E-state index in [1.807, 2.05) is 19.9 Å². The first-order valence-electron chi connectivity index (χ1n) is 10.2. The molecule has 154 valence electrons. The van der Waals surface area contributed by atoms with Gasteiger partial charge in [-0.15, -0.1) is 0 Å². The molecule has 2 aliphatic rings. The topological polar surface area (TPSA) is 56.8 Å². The third kappa shape index (κ3) is 4.62. The highest BCUT2D eigenvalue weighted by Crippen LogP contribution is 2.22. The minimum absolute atomic E-state index is 0.197. The van der Waals surface area contributed by atoms with Crippen LogP contribution in [0.2, 0.25) is 0 Å². The van der Waals surface area contributed by atoms with Gasteiger partial charge in [-0.1, -0.05) is 32.0 Å². The van der Waals surface area contributed by atoms with E-state index in [-0.39, 0.29) is 11.8 Å². The van der Waals surface area contributed by atoms with Gasteiger partial charge in [0.05, 0.1) is 11.1 Å². The second-order valence-corrected chi connectivity index (χ2v) is 6.81. The number of benzene rings is 1. The number of amides is 2. The lowest BCUT2D eigenvalue weighted by atomic mass is 10.1. The summed E-state index contributed by atoms with van der Waals surface area (Å²) in [4.78, 5) is 34.4. The van der Waals surface area contributed by atoms with E-state index >= 15 is 0 Å². The van der Waals surface area contributed by atoms with Crippen molar-refractivity contribution in [3.63, 3.8) is 0 Å². The molecule has 0 atom stereocenters. The summed E-state index contributed by atoms with van der Waals surface area (Å²) < 4.78 is 13.3. The number of pyridine rings is 1. The lowest BCUT2D eigenvalue weighted by Gasteiger charge is -2.35. The van der Waals surface area contributed by atoms with Crippen molar-refractivity contribution in [2.24, 2.45) is 0 Å². The third-order valence-electron chi connectivity index (χ3n) is 5.13. The molecule has 0 spiro atoms. The number of carbonyl (C=O) groups excluding carboxylic acids is 2. The highest BCUT2D eigenvalue weighted by Gasteiger charge is 2.34. The second kappa shape index (κ2) is 9.60. The number of hydrogen-bond donors (Lipinski definition) is 0. The standard InChI is InChI=1S/C20H21FN4O2.C2H6/c21-17-7-3-8-18(22-17)24-13-11-23(12-14-24)9-4-10-25-19(26)15-5-1-2-6-16(15)20(25)27;1-2/h1-3,5-8H,4,9-14H2;1-2H3. The van der Waals surface area contributed by atoms with E-state index in [1.165, 1.54) is 11.0 Å². The van der Waals surface area contributed by atoms with Gasteiger partial charge in [0, 0.05) is 32.7 Å². The lowest BCUT2D eigenvalue weighted by Crippen LogP contribution is -2.47. The van der Waals surface area contributed by atoms with Gasteiger partial charge in [-0.2, -0.15) is 4.39 Å². The van der Waals surface area contributed by atoms with E-state index in [1.54, 1.807) is 30.3 Å². The summed E-state index contributed by atoms with van der Waals surface area (Å²) in [7, 11) is 0. The molecule has 7 heteroatoms. The maximum Gasteiger partial charge on any atom is 0.261 e. The molecule has 0 unspecified atom stereocenters. The van der Waals surface area contributed by atoms with Gasteiger partial charge in [0.2, 0.25) is 5.95 Å². The quantitative estimate of drug-likeness (QED) is 0.572. The molecular weight excluding hydrogens is 371 g/mol. The van der Waals surface area contributed by atoms with Crippen molar-refractivity contribution in [2.45, 2.75) is 20.3 Å². The Hall–Kier alpha value is -2.80. The number of rotatable bonds is 5. The number of hydrogen-bond acceptors (Lipinski definition) is 5. The monoisotopic (exact) mass is 398 g/mol. The molecule has 0 N–H and O–H groups in total. The fourth-order valence-electron chi connectivity index (χ4n) is 3.67. The van der Waals surface area contributed by atoms with Gasteiger partial charge in [0.25, 0.3) is 11.8 Å². The van der Waals surface area contributed by atoms with Crippen molar-refractivity contribution in [3.8, 4) is 0 Å². The molecule has 3 heterocycles. The summed E-state index contributed by atoms with van der Waals surface area (Å²) in [5, 5.41) is 0. The number of carbonyl (C=O) groups is 2. The van der Waals surface area contributed by atoms with Crippen molar-refractivity contribution < 1.29 is 14.0 Å². The van der Waals surface area contributed by atoms with Gasteiger partial charge in [0.15, 0.2) is 0 Å². The maximum atomic E-state index is 13.3. The van der Waals surface area contributed by atoms with Crippen LogP contribution in [0.1, 0.15) is 41.0 Å². The first-order chi connectivity index (χ1) is 14.1. The fourth-order valence-corrected chi connectivity index (χ4v) is 3.67. The van der Waals surface area contributed by atoms with Crippen LogP contribution in [-0.2, 0) is 0 Å². The summed E-state index contributed by atoms with van der Waals surface area (Å²) >= 11 is 0. The average molecular weight is 398 g/mol. The first-order valence-corrected chi connectivity index (χ1v) is 10.2. The molecule has 1 aromatic heterocycles. The number of piperazine rings is 1. The van der Waals surface area contributed by atoms with Crippen LogP contribution in [0, 0.1) is 5.95 Å². The average Bonchev–Trinajstić information content (AvgIpc) is 3.01. The highest BCUT2D eigenvalue weighted by molar-refractivity contribution is 6.21. The van der Waals surface area contributed by atoms with E-state index in [2.05, 4.69) is 14.8 Å². The Morgan fingerprint density at radius 1 is 0.862 bits per heavy atom. The molecule has 0 saturated carbocycles. The number of nitrogens with zero attached hydrogens (tertiary/aromatic N) is 4. The Morgan fingerprint density at radius 3 is 2.07 bits per heavy atom. The molecule has 6 nitrogen and oxygen atoms in total. The van der Waals surface area contributed by atoms with Crippen LogP contribution in [0.4, 0.5) is 10.2 Å². The van der Waals surface area contributed by atoms with Gasteiger partial charge >= 0.3 is 0 Å². The second-order valence-electron chi connectivity index (χ2n) is 6.81. The summed E-state index contributed by atoms with van der Waals surface area (Å²) in [6.07, 6.45) is 0.740. The molecule has 0 bridgehead atoms. The van der Waals surface area contributed by atoms with Crippen molar-refractivity contribution in [1.82, 2.24) is 14.8 Å². The Labute approximate surface area is 170 Å². The molecular formula is C22H27FN4O2. The van der Waals surface area contributed by atoms with E-state index in [0.29, 0.717) is 23.5 Å². The molecule has 0 aliphatic carbocycles. The number of halogens is 1. The van der Waals surface area contributed by atoms with E-state index in [0.717, 1.165) is 39.1 Å². The normalized spacial score (nSPS) is 16.5. The van der Waals surface area contributed by atoms with Crippen molar-refractivity contribution in [3.05, 3.63) is 59.5 Å². The maximum absolute atomic E-state index is 13.3. The van der Waals surface area contributed by atoms with Gasteiger partial charge in [0.1, 0.15) is 5.82 Å². The van der Waals surface area contributed by atoms with Crippen molar-refractivity contribution >= 4 is 17.6 Å².